The second-order valence-electron chi connectivity index (χ2n) is 12.8. The number of para-hydroxylation sites is 1. The summed E-state index contributed by atoms with van der Waals surface area (Å²) in [5.74, 6) is -3.97. The Morgan fingerprint density at radius 2 is 1.65 bits per heavy atom. The van der Waals surface area contributed by atoms with Gasteiger partial charge in [-0.25, -0.2) is 17.9 Å². The number of H-pyrrole nitrogens is 1. The van der Waals surface area contributed by atoms with Gasteiger partial charge < -0.3 is 32.8 Å². The van der Waals surface area contributed by atoms with Crippen molar-refractivity contribution in [1.29, 1.82) is 0 Å². The van der Waals surface area contributed by atoms with E-state index >= 15 is 0 Å². The Kier molecular flexibility index (Phi) is 14.7. The average molecular weight is 712 g/mol. The Balaban J connectivity index is 0.00000433. The number of fused-ring (bicyclic) bond motifs is 1. The van der Waals surface area contributed by atoms with Crippen molar-refractivity contribution in [2.45, 2.75) is 75.7 Å². The van der Waals surface area contributed by atoms with E-state index in [1.165, 1.54) is 0 Å². The summed E-state index contributed by atoms with van der Waals surface area (Å²) in [4.78, 5) is 54.7. The van der Waals surface area contributed by atoms with E-state index in [0.29, 0.717) is 43.4 Å². The number of carbonyl (C=O) groups excluding carboxylic acids is 2. The number of sulfonamides is 1. The van der Waals surface area contributed by atoms with Crippen molar-refractivity contribution in [1.82, 2.24) is 20.3 Å². The number of unbranched alkanes of at least 4 members (excludes halogenated alkanes) is 1. The van der Waals surface area contributed by atoms with Crippen LogP contribution in [0.2, 0.25) is 0 Å². The van der Waals surface area contributed by atoms with E-state index < -0.39 is 64.6 Å². The SMILES string of the molecule is CS(=O)(=O)N[C@@H](CCCCN)C(=O)N[C@@H](Cc1ccccc1)P(=O)(O)CC1(C(=O)N[C@@H](Cc2c[nH]c3ccccc23)C(=O)O)CCCC1.[H-].[Li+]. The Morgan fingerprint density at radius 3 is 2.29 bits per heavy atom. The molecule has 1 saturated carbocycles. The van der Waals surface area contributed by atoms with E-state index in [-0.39, 0.29) is 52.4 Å². The Morgan fingerprint density at radius 1 is 1.00 bits per heavy atom. The maximum atomic E-state index is 14.4. The molecule has 13 nitrogen and oxygen atoms in total. The number of carbonyl (C=O) groups is 3. The van der Waals surface area contributed by atoms with E-state index in [1.54, 1.807) is 36.5 Å². The average Bonchev–Trinajstić information content (AvgIpc) is 3.67. The first-order valence-corrected chi connectivity index (χ1v) is 20.0. The predicted molar refractivity (Wildman–Crippen MR) is 185 cm³/mol. The van der Waals surface area contributed by atoms with Gasteiger partial charge in [0, 0.05) is 36.1 Å². The van der Waals surface area contributed by atoms with Crippen LogP contribution >= 0.6 is 7.37 Å². The van der Waals surface area contributed by atoms with Crippen molar-refractivity contribution < 1.29 is 57.7 Å². The van der Waals surface area contributed by atoms with E-state index in [1.807, 2.05) is 24.3 Å². The normalized spacial score (nSPS) is 17.3. The zero-order valence-electron chi connectivity index (χ0n) is 29.1. The van der Waals surface area contributed by atoms with Crippen LogP contribution in [0.1, 0.15) is 57.5 Å². The molecule has 49 heavy (non-hydrogen) atoms. The first kappa shape index (κ1) is 40.5. The van der Waals surface area contributed by atoms with Gasteiger partial charge >= 0.3 is 24.8 Å². The van der Waals surface area contributed by atoms with Crippen molar-refractivity contribution in [3.63, 3.8) is 0 Å². The fourth-order valence-electron chi connectivity index (χ4n) is 6.48. The van der Waals surface area contributed by atoms with E-state index in [4.69, 9.17) is 5.73 Å². The number of nitrogens with one attached hydrogen (secondary N) is 4. The molecule has 2 aromatic carbocycles. The molecule has 4 rings (SSSR count). The molecular weight excluding hydrogens is 664 g/mol. The molecule has 0 radical (unpaired) electrons. The maximum absolute atomic E-state index is 14.4. The molecule has 1 heterocycles. The van der Waals surface area contributed by atoms with Crippen LogP contribution < -0.4 is 39.9 Å². The Hall–Kier alpha value is -2.95. The summed E-state index contributed by atoms with van der Waals surface area (Å²) in [6, 6.07) is 13.7. The summed E-state index contributed by atoms with van der Waals surface area (Å²) in [6.45, 7) is 0.352. The summed E-state index contributed by atoms with van der Waals surface area (Å²) in [6.07, 6.45) is 4.98. The molecular formula is C33H47LiN5O8PS. The molecule has 1 aliphatic carbocycles. The summed E-state index contributed by atoms with van der Waals surface area (Å²) < 4.78 is 40.9. The van der Waals surface area contributed by atoms with Gasteiger partial charge in [-0.15, -0.1) is 0 Å². The van der Waals surface area contributed by atoms with E-state index in [2.05, 4.69) is 20.3 Å². The molecule has 0 aliphatic heterocycles. The third-order valence-electron chi connectivity index (χ3n) is 8.96. The maximum Gasteiger partial charge on any atom is 1.00 e. The van der Waals surface area contributed by atoms with Crippen LogP contribution in [0.5, 0.6) is 0 Å². The largest absolute Gasteiger partial charge is 1.00 e. The molecule has 1 unspecified atom stereocenters. The third-order valence-corrected chi connectivity index (χ3v) is 12.0. The van der Waals surface area contributed by atoms with Crippen LogP contribution in [0.3, 0.4) is 0 Å². The van der Waals surface area contributed by atoms with Crippen LogP contribution in [0.4, 0.5) is 0 Å². The zero-order chi connectivity index (χ0) is 35.0. The number of aliphatic carboxylic acids is 1. The summed E-state index contributed by atoms with van der Waals surface area (Å²) in [7, 11) is -8.21. The topological polar surface area (TPSA) is 221 Å². The van der Waals surface area contributed by atoms with Crippen molar-refractivity contribution in [3.05, 3.63) is 71.9 Å². The van der Waals surface area contributed by atoms with Crippen LogP contribution in [0.15, 0.2) is 60.8 Å². The van der Waals surface area contributed by atoms with Gasteiger partial charge in [0.1, 0.15) is 17.9 Å². The number of aromatic nitrogens is 1. The summed E-state index contributed by atoms with van der Waals surface area (Å²) in [5.41, 5.74) is 6.43. The van der Waals surface area contributed by atoms with Gasteiger partial charge in [0.15, 0.2) is 0 Å². The number of aromatic amines is 1. The van der Waals surface area contributed by atoms with Gasteiger partial charge in [-0.05, 0) is 49.4 Å². The molecule has 4 atom stereocenters. The van der Waals surface area contributed by atoms with Gasteiger partial charge in [-0.3, -0.25) is 14.2 Å². The molecule has 8 N–H and O–H groups in total. The van der Waals surface area contributed by atoms with Gasteiger partial charge in [0.05, 0.1) is 11.7 Å². The van der Waals surface area contributed by atoms with Crippen LogP contribution in [-0.2, 0) is 41.8 Å². The zero-order valence-corrected chi connectivity index (χ0v) is 29.8. The van der Waals surface area contributed by atoms with Gasteiger partial charge in [-0.2, -0.15) is 0 Å². The number of amides is 2. The molecule has 1 fully saturated rings. The quantitative estimate of drug-likeness (QED) is 0.0534. The first-order chi connectivity index (χ1) is 22.7. The number of carboxylic acids is 1. The number of benzene rings is 2. The molecule has 16 heteroatoms. The molecule has 0 bridgehead atoms. The predicted octanol–water partition coefficient (Wildman–Crippen LogP) is -0.0411. The summed E-state index contributed by atoms with van der Waals surface area (Å²) in [5, 5.41) is 16.2. The second kappa shape index (κ2) is 17.8. The third kappa shape index (κ3) is 11.3. The monoisotopic (exact) mass is 711 g/mol. The van der Waals surface area contributed by atoms with E-state index in [9.17, 15) is 37.4 Å². The van der Waals surface area contributed by atoms with Crippen molar-refractivity contribution in [3.8, 4) is 0 Å². The van der Waals surface area contributed by atoms with Gasteiger partial charge in [0.25, 0.3) is 0 Å². The van der Waals surface area contributed by atoms with Crippen LogP contribution in [-0.4, -0.2) is 78.0 Å². The minimum absolute atomic E-state index is 0. The van der Waals surface area contributed by atoms with Crippen molar-refractivity contribution in [2.75, 3.05) is 19.0 Å². The minimum Gasteiger partial charge on any atom is -1.00 e. The molecule has 2 amide bonds. The smallest absolute Gasteiger partial charge is 1.00 e. The van der Waals surface area contributed by atoms with Crippen LogP contribution in [0.25, 0.3) is 10.9 Å². The minimum atomic E-state index is -4.41. The fourth-order valence-corrected chi connectivity index (χ4v) is 9.59. The molecule has 1 aromatic heterocycles. The number of hydrogen-bond donors (Lipinski definition) is 7. The molecule has 1 aliphatic rings. The first-order valence-electron chi connectivity index (χ1n) is 16.1. The number of carboxylic acid groups (broad SMARTS) is 1. The van der Waals surface area contributed by atoms with Crippen molar-refractivity contribution >= 4 is 46.1 Å². The number of rotatable bonds is 18. The second-order valence-corrected chi connectivity index (χ2v) is 17.0. The molecule has 0 saturated heterocycles. The fraction of sp³-hybridized carbons (Fsp3) is 0.485. The standard InChI is InChI=1S/C33H46N5O8PS.Li.H/c1-48(45,46)38-27(15-7-10-18-34)30(39)37-29(19-23-11-3-2-4-12-23)47(43,44)22-33(16-8-9-17-33)32(42)36-28(31(40)41)20-24-21-35-26-14-6-5-13-25(24)26;;/h2-6,11-14,21,27-29,35,38H,7-10,15-20,22,34H2,1H3,(H,36,42)(H,37,39)(H,40,41)(H,43,44);;/q;+1;-1/t27-,28-,29+;;/m0../s1. The Labute approximate surface area is 300 Å². The Bertz CT molecular complexity index is 1740. The van der Waals surface area contributed by atoms with Crippen molar-refractivity contribution in [2.24, 2.45) is 11.1 Å². The van der Waals surface area contributed by atoms with Gasteiger partial charge in [-0.1, -0.05) is 67.8 Å². The molecule has 0 spiro atoms. The van der Waals surface area contributed by atoms with Gasteiger partial charge in [0.2, 0.25) is 29.2 Å². The summed E-state index contributed by atoms with van der Waals surface area (Å²) >= 11 is 0. The molecule has 264 valence electrons. The van der Waals surface area contributed by atoms with Crippen LogP contribution in [0, 0.1) is 5.41 Å². The molecule has 3 aromatic rings. The van der Waals surface area contributed by atoms with E-state index in [0.717, 1.165) is 17.2 Å². The number of nitrogens with two attached hydrogens (primary N) is 1. The number of hydrogen-bond acceptors (Lipinski definition) is 7.